The first-order valence-electron chi connectivity index (χ1n) is 10.9. The van der Waals surface area contributed by atoms with Gasteiger partial charge in [0.25, 0.3) is 0 Å². The Balaban J connectivity index is 1.67. The fourth-order valence-corrected chi connectivity index (χ4v) is 4.13. The van der Waals surface area contributed by atoms with Gasteiger partial charge < -0.3 is 15.7 Å². The maximum absolute atomic E-state index is 13.6. The molecule has 31 heavy (non-hydrogen) atoms. The van der Waals surface area contributed by atoms with E-state index in [0.29, 0.717) is 11.5 Å². The number of hydrogen-bond acceptors (Lipinski definition) is 3. The second-order valence-corrected chi connectivity index (χ2v) is 9.12. The maximum atomic E-state index is 13.6. The van der Waals surface area contributed by atoms with Crippen LogP contribution in [0, 0.1) is 17.6 Å². The molecule has 2 aromatic rings. The van der Waals surface area contributed by atoms with E-state index < -0.39 is 23.8 Å². The first-order valence-corrected chi connectivity index (χ1v) is 10.9. The Morgan fingerprint density at radius 1 is 1.06 bits per heavy atom. The van der Waals surface area contributed by atoms with Crippen molar-refractivity contribution in [2.75, 3.05) is 6.54 Å². The molecular formula is C25H32F2N2O2. The first-order chi connectivity index (χ1) is 14.7. The zero-order chi connectivity index (χ0) is 22.6. The molecule has 0 radical (unpaired) electrons. The topological polar surface area (TPSA) is 61.4 Å². The molecule has 1 fully saturated rings. The van der Waals surface area contributed by atoms with E-state index in [1.54, 1.807) is 0 Å². The van der Waals surface area contributed by atoms with Crippen molar-refractivity contribution in [3.8, 4) is 0 Å². The van der Waals surface area contributed by atoms with Crippen molar-refractivity contribution >= 4 is 5.91 Å². The number of aliphatic hydroxyl groups excluding tert-OH is 1. The third-order valence-electron chi connectivity index (χ3n) is 5.75. The molecule has 168 valence electrons. The third kappa shape index (κ3) is 6.58. The molecule has 1 saturated carbocycles. The molecule has 0 aromatic heterocycles. The van der Waals surface area contributed by atoms with E-state index in [-0.39, 0.29) is 24.4 Å². The van der Waals surface area contributed by atoms with Crippen molar-refractivity contribution < 1.29 is 18.7 Å². The molecular weight excluding hydrogens is 398 g/mol. The van der Waals surface area contributed by atoms with Gasteiger partial charge in [0.2, 0.25) is 5.91 Å². The molecule has 1 aliphatic carbocycles. The molecule has 2 aromatic carbocycles. The predicted molar refractivity (Wildman–Crippen MR) is 118 cm³/mol. The SMILES string of the molecule is CC(=O)N[C@@H](Cc1cc(F)cc(F)c1)[C@@H](O)CNC1(c2cccc(CC(C)C)c2)CC1. The molecule has 6 heteroatoms. The molecule has 1 amide bonds. The van der Waals surface area contributed by atoms with E-state index in [1.165, 1.54) is 30.2 Å². The smallest absolute Gasteiger partial charge is 0.217 e. The number of halogens is 2. The van der Waals surface area contributed by atoms with Crippen molar-refractivity contribution in [2.45, 2.75) is 64.1 Å². The summed E-state index contributed by atoms with van der Waals surface area (Å²) >= 11 is 0. The van der Waals surface area contributed by atoms with Crippen LogP contribution in [0.15, 0.2) is 42.5 Å². The second-order valence-electron chi connectivity index (χ2n) is 9.12. The standard InChI is InChI=1S/C25H32F2N2O2/c1-16(2)9-18-5-4-6-20(10-18)25(7-8-25)28-15-24(31)23(29-17(3)30)13-19-11-21(26)14-22(27)12-19/h4-6,10-12,14,16,23-24,28,31H,7-9,13,15H2,1-3H3,(H,29,30)/t23-,24-/m0/s1. The molecule has 3 N–H and O–H groups in total. The van der Waals surface area contributed by atoms with Gasteiger partial charge in [-0.1, -0.05) is 38.1 Å². The van der Waals surface area contributed by atoms with E-state index >= 15 is 0 Å². The van der Waals surface area contributed by atoms with E-state index in [2.05, 4.69) is 48.7 Å². The zero-order valence-electron chi connectivity index (χ0n) is 18.4. The monoisotopic (exact) mass is 430 g/mol. The minimum absolute atomic E-state index is 0.133. The van der Waals surface area contributed by atoms with Crippen LogP contribution in [0.4, 0.5) is 8.78 Å². The van der Waals surface area contributed by atoms with Gasteiger partial charge in [-0.05, 0) is 60.4 Å². The Bertz CT molecular complexity index is 892. The largest absolute Gasteiger partial charge is 0.390 e. The van der Waals surface area contributed by atoms with E-state index in [4.69, 9.17) is 0 Å². The van der Waals surface area contributed by atoms with Crippen molar-refractivity contribution in [1.29, 1.82) is 0 Å². The summed E-state index contributed by atoms with van der Waals surface area (Å²) in [4.78, 5) is 11.7. The van der Waals surface area contributed by atoms with E-state index in [9.17, 15) is 18.7 Å². The minimum atomic E-state index is -0.911. The summed E-state index contributed by atoms with van der Waals surface area (Å²) in [5, 5.41) is 17.0. The molecule has 0 spiro atoms. The number of amides is 1. The lowest BCUT2D eigenvalue weighted by Crippen LogP contribution is -2.49. The van der Waals surface area contributed by atoms with Crippen LogP contribution in [0.1, 0.15) is 50.3 Å². The Morgan fingerprint density at radius 2 is 1.74 bits per heavy atom. The molecule has 0 unspecified atom stereocenters. The molecule has 0 bridgehead atoms. The average molecular weight is 431 g/mol. The Labute approximate surface area is 183 Å². The van der Waals surface area contributed by atoms with Gasteiger partial charge in [-0.15, -0.1) is 0 Å². The lowest BCUT2D eigenvalue weighted by atomic mass is 9.96. The van der Waals surface area contributed by atoms with Crippen LogP contribution in [-0.2, 0) is 23.2 Å². The highest BCUT2D eigenvalue weighted by atomic mass is 19.1. The van der Waals surface area contributed by atoms with Gasteiger partial charge in [-0.2, -0.15) is 0 Å². The summed E-state index contributed by atoms with van der Waals surface area (Å²) in [6, 6.07) is 11.1. The Hall–Kier alpha value is -2.31. The lowest BCUT2D eigenvalue weighted by Gasteiger charge is -2.27. The predicted octanol–water partition coefficient (Wildman–Crippen LogP) is 3.85. The van der Waals surface area contributed by atoms with Gasteiger partial charge in [0.15, 0.2) is 0 Å². The Morgan fingerprint density at radius 3 is 2.32 bits per heavy atom. The third-order valence-corrected chi connectivity index (χ3v) is 5.75. The van der Waals surface area contributed by atoms with E-state index in [1.807, 2.05) is 0 Å². The van der Waals surface area contributed by atoms with Gasteiger partial charge in [0.1, 0.15) is 11.6 Å². The number of hydrogen-bond donors (Lipinski definition) is 3. The van der Waals surface area contributed by atoms with Crippen LogP contribution in [0.2, 0.25) is 0 Å². The summed E-state index contributed by atoms with van der Waals surface area (Å²) in [5.41, 5.74) is 2.73. The molecule has 0 aliphatic heterocycles. The lowest BCUT2D eigenvalue weighted by molar-refractivity contribution is -0.120. The minimum Gasteiger partial charge on any atom is -0.390 e. The summed E-state index contributed by atoms with van der Waals surface area (Å²) in [6.45, 7) is 6.01. The molecule has 2 atom stereocenters. The number of benzene rings is 2. The zero-order valence-corrected chi connectivity index (χ0v) is 18.4. The number of carbonyl (C=O) groups excluding carboxylic acids is 1. The number of rotatable bonds is 10. The fourth-order valence-electron chi connectivity index (χ4n) is 4.13. The highest BCUT2D eigenvalue weighted by molar-refractivity contribution is 5.73. The second kappa shape index (κ2) is 9.88. The highest BCUT2D eigenvalue weighted by Crippen LogP contribution is 2.45. The highest BCUT2D eigenvalue weighted by Gasteiger charge is 2.44. The molecule has 3 rings (SSSR count). The van der Waals surface area contributed by atoms with Crippen LogP contribution in [0.5, 0.6) is 0 Å². The van der Waals surface area contributed by atoms with Gasteiger partial charge in [-0.3, -0.25) is 4.79 Å². The van der Waals surface area contributed by atoms with Gasteiger partial charge in [-0.25, -0.2) is 8.78 Å². The summed E-state index contributed by atoms with van der Waals surface area (Å²) in [6.07, 6.45) is 2.19. The number of nitrogens with one attached hydrogen (secondary N) is 2. The Kier molecular flexibility index (Phi) is 7.44. The molecule has 4 nitrogen and oxygen atoms in total. The van der Waals surface area contributed by atoms with Crippen LogP contribution in [0.3, 0.4) is 0 Å². The summed E-state index contributed by atoms with van der Waals surface area (Å²) < 4.78 is 27.1. The van der Waals surface area contributed by atoms with Crippen molar-refractivity contribution in [1.82, 2.24) is 10.6 Å². The van der Waals surface area contributed by atoms with Crippen molar-refractivity contribution in [3.05, 3.63) is 70.8 Å². The van der Waals surface area contributed by atoms with Crippen LogP contribution < -0.4 is 10.6 Å². The van der Waals surface area contributed by atoms with Crippen LogP contribution in [-0.4, -0.2) is 29.7 Å². The summed E-state index contributed by atoms with van der Waals surface area (Å²) in [7, 11) is 0. The number of aliphatic hydroxyl groups is 1. The van der Waals surface area contributed by atoms with Crippen molar-refractivity contribution in [2.24, 2.45) is 5.92 Å². The maximum Gasteiger partial charge on any atom is 0.217 e. The summed E-state index contributed by atoms with van der Waals surface area (Å²) in [5.74, 6) is -1.08. The quantitative estimate of drug-likeness (QED) is 0.537. The normalized spacial score (nSPS) is 16.7. The fraction of sp³-hybridized carbons (Fsp3) is 0.480. The van der Waals surface area contributed by atoms with Gasteiger partial charge >= 0.3 is 0 Å². The van der Waals surface area contributed by atoms with E-state index in [0.717, 1.165) is 25.3 Å². The molecule has 0 saturated heterocycles. The van der Waals surface area contributed by atoms with Crippen molar-refractivity contribution in [3.63, 3.8) is 0 Å². The van der Waals surface area contributed by atoms with Crippen LogP contribution in [0.25, 0.3) is 0 Å². The average Bonchev–Trinajstić information content (AvgIpc) is 3.45. The van der Waals surface area contributed by atoms with Gasteiger partial charge in [0, 0.05) is 25.1 Å². The molecule has 1 aliphatic rings. The molecule has 0 heterocycles. The van der Waals surface area contributed by atoms with Crippen LogP contribution >= 0.6 is 0 Å². The first kappa shape index (κ1) is 23.4. The number of carbonyl (C=O) groups is 1. The van der Waals surface area contributed by atoms with Gasteiger partial charge in [0.05, 0.1) is 12.1 Å².